The van der Waals surface area contributed by atoms with Gasteiger partial charge in [0.25, 0.3) is 5.91 Å². The molecular formula is C9H6N4O2S2. The van der Waals surface area contributed by atoms with Gasteiger partial charge < -0.3 is 5.11 Å². The Kier molecular flexibility index (Phi) is 3.77. The normalized spacial score (nSPS) is 9.47. The van der Waals surface area contributed by atoms with E-state index in [1.807, 2.05) is 0 Å². The van der Waals surface area contributed by atoms with Crippen LogP contribution in [0.1, 0.15) is 15.2 Å². The minimum absolute atomic E-state index is 0.239. The van der Waals surface area contributed by atoms with E-state index in [9.17, 15) is 4.79 Å². The first-order chi connectivity index (χ1) is 8.31. The zero-order chi connectivity index (χ0) is 12.1. The molecule has 1 amide bonds. The Labute approximate surface area is 104 Å². The molecule has 0 aliphatic heterocycles. The van der Waals surface area contributed by atoms with Crippen LogP contribution in [0.5, 0.6) is 0 Å². The van der Waals surface area contributed by atoms with Crippen LogP contribution in [-0.2, 0) is 0 Å². The summed E-state index contributed by atoms with van der Waals surface area (Å²) >= 11 is 2.27. The van der Waals surface area contributed by atoms with Crippen LogP contribution in [-0.4, -0.2) is 32.4 Å². The van der Waals surface area contributed by atoms with E-state index in [-0.39, 0.29) is 12.5 Å². The summed E-state index contributed by atoms with van der Waals surface area (Å²) in [6, 6.07) is 1.72. The molecular weight excluding hydrogens is 260 g/mol. The highest BCUT2D eigenvalue weighted by Gasteiger charge is 2.13. The summed E-state index contributed by atoms with van der Waals surface area (Å²) < 4.78 is 3.54. The number of carbonyl (C=O) groups excluding carboxylic acids is 1. The molecule has 86 valence electrons. The first kappa shape index (κ1) is 11.7. The van der Waals surface area contributed by atoms with Crippen molar-refractivity contribution in [3.05, 3.63) is 21.9 Å². The minimum Gasteiger partial charge on any atom is -0.384 e. The largest absolute Gasteiger partial charge is 0.384 e. The number of rotatable bonds is 2. The summed E-state index contributed by atoms with van der Waals surface area (Å²) in [5, 5.41) is 20.3. The molecule has 0 aliphatic rings. The molecule has 0 atom stereocenters. The summed E-state index contributed by atoms with van der Waals surface area (Å²) in [7, 11) is 0. The average molecular weight is 266 g/mol. The van der Waals surface area contributed by atoms with Crippen molar-refractivity contribution in [2.75, 3.05) is 11.9 Å². The first-order valence-electron chi connectivity index (χ1n) is 4.45. The van der Waals surface area contributed by atoms with Gasteiger partial charge in [0.1, 0.15) is 11.5 Å². The van der Waals surface area contributed by atoms with Crippen LogP contribution in [0.3, 0.4) is 0 Å². The van der Waals surface area contributed by atoms with Crippen molar-refractivity contribution < 1.29 is 9.90 Å². The molecule has 0 saturated heterocycles. The predicted molar refractivity (Wildman–Crippen MR) is 63.9 cm³/mol. The topological polar surface area (TPSA) is 88.0 Å². The SMILES string of the molecule is O=C(Nc1nnns1)c1sccc1C#CCO. The molecule has 2 aromatic rings. The van der Waals surface area contributed by atoms with Gasteiger partial charge in [0.2, 0.25) is 5.13 Å². The maximum absolute atomic E-state index is 11.8. The fraction of sp³-hybridized carbons (Fsp3) is 0.111. The van der Waals surface area contributed by atoms with E-state index < -0.39 is 0 Å². The van der Waals surface area contributed by atoms with Gasteiger partial charge in [-0.3, -0.25) is 10.1 Å². The number of anilines is 1. The number of hydrogen-bond acceptors (Lipinski definition) is 7. The van der Waals surface area contributed by atoms with Gasteiger partial charge in [-0.05, 0) is 16.7 Å². The van der Waals surface area contributed by atoms with E-state index in [1.54, 1.807) is 11.4 Å². The molecule has 2 N–H and O–H groups in total. The van der Waals surface area contributed by atoms with Crippen molar-refractivity contribution in [1.29, 1.82) is 0 Å². The van der Waals surface area contributed by atoms with Crippen LogP contribution >= 0.6 is 22.9 Å². The molecule has 0 aliphatic carbocycles. The second-order valence-corrected chi connectivity index (χ2v) is 4.39. The third kappa shape index (κ3) is 2.85. The standard InChI is InChI=1S/C9H6N4O2S2/c14-4-1-2-6-3-5-16-7(6)8(15)10-9-11-12-13-17-9/h3,5,14H,4H2,(H,10,11,13,15). The summed E-state index contributed by atoms with van der Waals surface area (Å²) in [5.74, 6) is 4.90. The molecule has 0 saturated carbocycles. The van der Waals surface area contributed by atoms with Crippen LogP contribution in [0.4, 0.5) is 5.13 Å². The van der Waals surface area contributed by atoms with Crippen molar-refractivity contribution >= 4 is 33.9 Å². The number of hydrogen-bond donors (Lipinski definition) is 2. The molecule has 2 heterocycles. The molecule has 0 fully saturated rings. The summed E-state index contributed by atoms with van der Waals surface area (Å²) in [4.78, 5) is 12.3. The van der Waals surface area contributed by atoms with Gasteiger partial charge >= 0.3 is 0 Å². The molecule has 0 aromatic carbocycles. The van der Waals surface area contributed by atoms with Gasteiger partial charge in [-0.2, -0.15) is 0 Å². The Morgan fingerprint density at radius 2 is 2.47 bits per heavy atom. The molecule has 17 heavy (non-hydrogen) atoms. The van der Waals surface area contributed by atoms with Gasteiger partial charge in [0.15, 0.2) is 0 Å². The molecule has 6 nitrogen and oxygen atoms in total. The van der Waals surface area contributed by atoms with Gasteiger partial charge in [-0.25, -0.2) is 0 Å². The average Bonchev–Trinajstić information content (AvgIpc) is 2.96. The highest BCUT2D eigenvalue weighted by atomic mass is 32.1. The lowest BCUT2D eigenvalue weighted by atomic mass is 10.2. The molecule has 2 aromatic heterocycles. The van der Waals surface area contributed by atoms with Crippen LogP contribution in [0.2, 0.25) is 0 Å². The Morgan fingerprint density at radius 1 is 1.59 bits per heavy atom. The summed E-state index contributed by atoms with van der Waals surface area (Å²) in [6.07, 6.45) is 0. The number of aliphatic hydroxyl groups excluding tert-OH is 1. The summed E-state index contributed by atoms with van der Waals surface area (Å²) in [6.45, 7) is -0.239. The minimum atomic E-state index is -0.305. The molecule has 0 radical (unpaired) electrons. The Bertz CT molecular complexity index is 567. The third-order valence-corrected chi connectivity index (χ3v) is 3.12. The van der Waals surface area contributed by atoms with E-state index in [0.29, 0.717) is 15.6 Å². The van der Waals surface area contributed by atoms with Crippen molar-refractivity contribution in [3.8, 4) is 11.8 Å². The van der Waals surface area contributed by atoms with Gasteiger partial charge in [-0.1, -0.05) is 21.4 Å². The molecule has 8 heteroatoms. The monoisotopic (exact) mass is 266 g/mol. The number of nitrogens with one attached hydrogen (secondary N) is 1. The number of amides is 1. The number of thiophene rings is 1. The maximum Gasteiger partial charge on any atom is 0.268 e. The fourth-order valence-electron chi connectivity index (χ4n) is 1.05. The predicted octanol–water partition coefficient (Wildman–Crippen LogP) is 0.591. The zero-order valence-electron chi connectivity index (χ0n) is 8.38. The van der Waals surface area contributed by atoms with E-state index in [4.69, 9.17) is 5.11 Å². The van der Waals surface area contributed by atoms with Crippen LogP contribution in [0, 0.1) is 11.8 Å². The van der Waals surface area contributed by atoms with Gasteiger partial charge in [0, 0.05) is 17.1 Å². The number of aromatic nitrogens is 3. The molecule has 0 unspecified atom stereocenters. The molecule has 0 bridgehead atoms. The Morgan fingerprint density at radius 3 is 3.18 bits per heavy atom. The van der Waals surface area contributed by atoms with E-state index in [0.717, 1.165) is 11.5 Å². The van der Waals surface area contributed by atoms with Crippen molar-refractivity contribution in [1.82, 2.24) is 14.8 Å². The number of aliphatic hydroxyl groups is 1. The smallest absolute Gasteiger partial charge is 0.268 e. The molecule has 2 rings (SSSR count). The molecule has 0 spiro atoms. The lowest BCUT2D eigenvalue weighted by Gasteiger charge is -1.97. The highest BCUT2D eigenvalue weighted by molar-refractivity contribution is 7.13. The Balaban J connectivity index is 2.17. The van der Waals surface area contributed by atoms with Crippen molar-refractivity contribution in [2.45, 2.75) is 0 Å². The first-order valence-corrected chi connectivity index (χ1v) is 6.10. The van der Waals surface area contributed by atoms with Gasteiger partial charge in [0.05, 0.1) is 0 Å². The van der Waals surface area contributed by atoms with E-state index >= 15 is 0 Å². The third-order valence-electron chi connectivity index (χ3n) is 1.69. The van der Waals surface area contributed by atoms with Crippen molar-refractivity contribution in [3.63, 3.8) is 0 Å². The number of nitrogens with zero attached hydrogens (tertiary/aromatic N) is 3. The van der Waals surface area contributed by atoms with Gasteiger partial charge in [-0.15, -0.1) is 11.3 Å². The summed E-state index contributed by atoms with van der Waals surface area (Å²) in [5.41, 5.74) is 0.582. The lowest BCUT2D eigenvalue weighted by Crippen LogP contribution is -2.11. The quantitative estimate of drug-likeness (QED) is 0.777. The Hall–Kier alpha value is -1.82. The second kappa shape index (κ2) is 5.49. The fourth-order valence-corrected chi connectivity index (χ4v) is 2.16. The van der Waals surface area contributed by atoms with Crippen LogP contribution < -0.4 is 5.32 Å². The maximum atomic E-state index is 11.8. The highest BCUT2D eigenvalue weighted by Crippen LogP contribution is 2.18. The van der Waals surface area contributed by atoms with Crippen molar-refractivity contribution in [2.24, 2.45) is 0 Å². The van der Waals surface area contributed by atoms with Crippen LogP contribution in [0.25, 0.3) is 0 Å². The van der Waals surface area contributed by atoms with Crippen LogP contribution in [0.15, 0.2) is 11.4 Å². The van der Waals surface area contributed by atoms with E-state index in [2.05, 4.69) is 32.0 Å². The zero-order valence-corrected chi connectivity index (χ0v) is 10.0. The lowest BCUT2D eigenvalue weighted by molar-refractivity contribution is 0.103. The second-order valence-electron chi connectivity index (χ2n) is 2.74. The van der Waals surface area contributed by atoms with E-state index in [1.165, 1.54) is 11.3 Å². The number of carbonyl (C=O) groups is 1.